The van der Waals surface area contributed by atoms with E-state index >= 15 is 0 Å². The molecule has 2 fully saturated rings. The molecule has 1 aliphatic carbocycles. The number of piperazine rings is 1. The predicted molar refractivity (Wildman–Crippen MR) is 86.2 cm³/mol. The molecule has 4 nitrogen and oxygen atoms in total. The molecular formula is C16H18Cl2N2O2. The standard InChI is InChI=1S/C16H18Cl2N2O2/c1-10-6-14(10)16(22)20-4-2-19(3-5-20)15(21)11-7-12(17)9-13(18)8-11/h7-10,14H,2-6H2,1H3. The van der Waals surface area contributed by atoms with E-state index in [0.717, 1.165) is 6.42 Å². The minimum atomic E-state index is -0.0868. The maximum Gasteiger partial charge on any atom is 0.254 e. The normalized spacial score (nSPS) is 24.3. The molecule has 6 heteroatoms. The van der Waals surface area contributed by atoms with Crippen LogP contribution in [-0.2, 0) is 4.79 Å². The third-order valence-electron chi connectivity index (χ3n) is 4.41. The average Bonchev–Trinajstić information content (AvgIpc) is 3.22. The Balaban J connectivity index is 1.61. The fraction of sp³-hybridized carbons (Fsp3) is 0.500. The van der Waals surface area contributed by atoms with Crippen LogP contribution in [0.15, 0.2) is 18.2 Å². The maximum atomic E-state index is 12.5. The summed E-state index contributed by atoms with van der Waals surface area (Å²) in [5, 5.41) is 0.903. The molecule has 22 heavy (non-hydrogen) atoms. The number of nitrogens with zero attached hydrogens (tertiary/aromatic N) is 2. The summed E-state index contributed by atoms with van der Waals surface area (Å²) in [6.45, 7) is 4.40. The third kappa shape index (κ3) is 3.23. The Morgan fingerprint density at radius 2 is 1.50 bits per heavy atom. The lowest BCUT2D eigenvalue weighted by molar-refractivity contribution is -0.134. The number of hydrogen-bond donors (Lipinski definition) is 0. The molecule has 1 heterocycles. The predicted octanol–water partition coefficient (Wildman–Crippen LogP) is 2.93. The van der Waals surface area contributed by atoms with Gasteiger partial charge in [0.1, 0.15) is 0 Å². The average molecular weight is 341 g/mol. The number of hydrogen-bond acceptors (Lipinski definition) is 2. The van der Waals surface area contributed by atoms with Crippen LogP contribution in [-0.4, -0.2) is 47.8 Å². The van der Waals surface area contributed by atoms with Crippen LogP contribution in [0.1, 0.15) is 23.7 Å². The van der Waals surface area contributed by atoms with E-state index in [9.17, 15) is 9.59 Å². The van der Waals surface area contributed by atoms with Crippen molar-refractivity contribution in [3.8, 4) is 0 Å². The van der Waals surface area contributed by atoms with Crippen molar-refractivity contribution in [3.05, 3.63) is 33.8 Å². The quantitative estimate of drug-likeness (QED) is 0.830. The van der Waals surface area contributed by atoms with Crippen LogP contribution in [0.3, 0.4) is 0 Å². The van der Waals surface area contributed by atoms with Gasteiger partial charge in [0.2, 0.25) is 5.91 Å². The topological polar surface area (TPSA) is 40.6 Å². The Labute approximate surface area is 140 Å². The SMILES string of the molecule is CC1CC1C(=O)N1CCN(C(=O)c2cc(Cl)cc(Cl)c2)CC1. The molecule has 118 valence electrons. The van der Waals surface area contributed by atoms with Crippen LogP contribution >= 0.6 is 23.2 Å². The van der Waals surface area contributed by atoms with Crippen LogP contribution in [0.5, 0.6) is 0 Å². The van der Waals surface area contributed by atoms with Crippen LogP contribution in [0.2, 0.25) is 10.0 Å². The Bertz CT molecular complexity index is 592. The summed E-state index contributed by atoms with van der Waals surface area (Å²) in [6, 6.07) is 4.85. The largest absolute Gasteiger partial charge is 0.339 e. The molecular weight excluding hydrogens is 323 g/mol. The van der Waals surface area contributed by atoms with Gasteiger partial charge >= 0.3 is 0 Å². The molecule has 1 saturated carbocycles. The van der Waals surface area contributed by atoms with E-state index in [0.29, 0.717) is 47.7 Å². The fourth-order valence-electron chi connectivity index (χ4n) is 2.89. The first kappa shape index (κ1) is 15.6. The molecule has 0 bridgehead atoms. The highest BCUT2D eigenvalue weighted by Gasteiger charge is 2.42. The number of rotatable bonds is 2. The summed E-state index contributed by atoms with van der Waals surface area (Å²) in [7, 11) is 0. The Morgan fingerprint density at radius 1 is 1.00 bits per heavy atom. The molecule has 2 amide bonds. The minimum absolute atomic E-state index is 0.0868. The first-order valence-electron chi connectivity index (χ1n) is 7.50. The van der Waals surface area contributed by atoms with Crippen molar-refractivity contribution in [3.63, 3.8) is 0 Å². The fourth-order valence-corrected chi connectivity index (χ4v) is 3.42. The lowest BCUT2D eigenvalue weighted by Gasteiger charge is -2.35. The summed E-state index contributed by atoms with van der Waals surface area (Å²) in [6.07, 6.45) is 0.999. The van der Waals surface area contributed by atoms with E-state index in [-0.39, 0.29) is 17.7 Å². The van der Waals surface area contributed by atoms with Crippen LogP contribution < -0.4 is 0 Å². The monoisotopic (exact) mass is 340 g/mol. The van der Waals surface area contributed by atoms with Gasteiger partial charge in [-0.15, -0.1) is 0 Å². The minimum Gasteiger partial charge on any atom is -0.339 e. The molecule has 2 aliphatic rings. The molecule has 1 aromatic carbocycles. The van der Waals surface area contributed by atoms with Gasteiger partial charge in [-0.3, -0.25) is 9.59 Å². The third-order valence-corrected chi connectivity index (χ3v) is 4.85. The van der Waals surface area contributed by atoms with Gasteiger partial charge < -0.3 is 9.80 Å². The number of halogens is 2. The molecule has 1 aromatic rings. The van der Waals surface area contributed by atoms with E-state index in [1.165, 1.54) is 0 Å². The molecule has 0 radical (unpaired) electrons. The zero-order valence-corrected chi connectivity index (χ0v) is 13.9. The second kappa shape index (κ2) is 6.09. The summed E-state index contributed by atoms with van der Waals surface area (Å²) in [4.78, 5) is 28.3. The Kier molecular flexibility index (Phi) is 4.33. The van der Waals surface area contributed by atoms with Gasteiger partial charge in [0.15, 0.2) is 0 Å². The Hall–Kier alpha value is -1.26. The van der Waals surface area contributed by atoms with Gasteiger partial charge in [0, 0.05) is 47.7 Å². The van der Waals surface area contributed by atoms with Gasteiger partial charge in [-0.2, -0.15) is 0 Å². The lowest BCUT2D eigenvalue weighted by Crippen LogP contribution is -2.51. The van der Waals surface area contributed by atoms with Crippen molar-refractivity contribution < 1.29 is 9.59 Å². The van der Waals surface area contributed by atoms with Gasteiger partial charge in [-0.25, -0.2) is 0 Å². The maximum absolute atomic E-state index is 12.5. The van der Waals surface area contributed by atoms with Crippen LogP contribution in [0, 0.1) is 11.8 Å². The second-order valence-electron chi connectivity index (χ2n) is 6.10. The number of carbonyl (C=O) groups is 2. The molecule has 0 spiro atoms. The summed E-state index contributed by atoms with van der Waals surface area (Å²) >= 11 is 11.9. The lowest BCUT2D eigenvalue weighted by atomic mass is 10.1. The van der Waals surface area contributed by atoms with Crippen molar-refractivity contribution in [2.45, 2.75) is 13.3 Å². The molecule has 2 unspecified atom stereocenters. The van der Waals surface area contributed by atoms with Gasteiger partial charge in [0.05, 0.1) is 0 Å². The van der Waals surface area contributed by atoms with Crippen molar-refractivity contribution in [2.24, 2.45) is 11.8 Å². The first-order valence-corrected chi connectivity index (χ1v) is 8.25. The number of benzene rings is 1. The molecule has 0 aromatic heterocycles. The highest BCUT2D eigenvalue weighted by atomic mass is 35.5. The van der Waals surface area contributed by atoms with Gasteiger partial charge in [-0.05, 0) is 30.5 Å². The van der Waals surface area contributed by atoms with Crippen molar-refractivity contribution in [2.75, 3.05) is 26.2 Å². The van der Waals surface area contributed by atoms with Crippen molar-refractivity contribution in [1.29, 1.82) is 0 Å². The van der Waals surface area contributed by atoms with Crippen LogP contribution in [0.4, 0.5) is 0 Å². The molecule has 1 aliphatic heterocycles. The van der Waals surface area contributed by atoms with E-state index in [4.69, 9.17) is 23.2 Å². The smallest absolute Gasteiger partial charge is 0.254 e. The number of carbonyl (C=O) groups excluding carboxylic acids is 2. The zero-order chi connectivity index (χ0) is 15.9. The van der Waals surface area contributed by atoms with Gasteiger partial charge in [-0.1, -0.05) is 30.1 Å². The summed E-state index contributed by atoms with van der Waals surface area (Å²) < 4.78 is 0. The highest BCUT2D eigenvalue weighted by molar-refractivity contribution is 6.35. The van der Waals surface area contributed by atoms with E-state index < -0.39 is 0 Å². The molecule has 3 rings (SSSR count). The first-order chi connectivity index (χ1) is 10.5. The van der Waals surface area contributed by atoms with Crippen molar-refractivity contribution >= 4 is 35.0 Å². The second-order valence-corrected chi connectivity index (χ2v) is 6.97. The zero-order valence-electron chi connectivity index (χ0n) is 12.4. The highest BCUT2D eigenvalue weighted by Crippen LogP contribution is 2.39. The van der Waals surface area contributed by atoms with E-state index in [2.05, 4.69) is 6.92 Å². The van der Waals surface area contributed by atoms with E-state index in [1.807, 2.05) is 4.90 Å². The summed E-state index contributed by atoms with van der Waals surface area (Å²) in [5.74, 6) is 0.872. The van der Waals surface area contributed by atoms with Crippen molar-refractivity contribution in [1.82, 2.24) is 9.80 Å². The van der Waals surface area contributed by atoms with Crippen LogP contribution in [0.25, 0.3) is 0 Å². The molecule has 2 atom stereocenters. The number of amides is 2. The summed E-state index contributed by atoms with van der Waals surface area (Å²) in [5.41, 5.74) is 0.494. The molecule has 0 N–H and O–H groups in total. The Morgan fingerprint density at radius 3 is 2.00 bits per heavy atom. The van der Waals surface area contributed by atoms with Gasteiger partial charge in [0.25, 0.3) is 5.91 Å². The van der Waals surface area contributed by atoms with E-state index in [1.54, 1.807) is 23.1 Å². The molecule has 1 saturated heterocycles.